The highest BCUT2D eigenvalue weighted by Gasteiger charge is 2.60. The van der Waals surface area contributed by atoms with Crippen LogP contribution in [0.5, 0.6) is 0 Å². The second-order valence-corrected chi connectivity index (χ2v) is 9.23. The lowest BCUT2D eigenvalue weighted by molar-refractivity contribution is -0.133. The maximum absolute atomic E-state index is 13.6. The number of fused-ring (bicyclic) bond motifs is 3. The molecule has 0 saturated carbocycles. The second kappa shape index (κ2) is 7.15. The van der Waals surface area contributed by atoms with Crippen molar-refractivity contribution in [3.63, 3.8) is 0 Å². The van der Waals surface area contributed by atoms with Gasteiger partial charge in [0.15, 0.2) is 5.82 Å². The molecule has 3 atom stereocenters. The Balaban J connectivity index is 1.37. The van der Waals surface area contributed by atoms with E-state index in [2.05, 4.69) is 43.8 Å². The highest BCUT2D eigenvalue weighted by molar-refractivity contribution is 5.85. The first-order valence-electron chi connectivity index (χ1n) is 11.0. The summed E-state index contributed by atoms with van der Waals surface area (Å²) in [5.41, 5.74) is -0.393. The van der Waals surface area contributed by atoms with E-state index >= 15 is 0 Å². The van der Waals surface area contributed by atoms with Crippen LogP contribution in [-0.2, 0) is 24.3 Å². The quantitative estimate of drug-likeness (QED) is 0.771. The first-order valence-corrected chi connectivity index (χ1v) is 11.0. The minimum atomic E-state index is -0.393. The summed E-state index contributed by atoms with van der Waals surface area (Å²) >= 11 is 0. The number of hydrogen-bond donors (Lipinski definition) is 1. The molecule has 1 N–H and O–H groups in total. The van der Waals surface area contributed by atoms with Gasteiger partial charge in [0.05, 0.1) is 18.2 Å². The fourth-order valence-electron chi connectivity index (χ4n) is 5.66. The summed E-state index contributed by atoms with van der Waals surface area (Å²) in [5, 5.41) is 11.8. The van der Waals surface area contributed by atoms with Crippen LogP contribution >= 0.6 is 0 Å². The second-order valence-electron chi connectivity index (χ2n) is 9.23. The van der Waals surface area contributed by atoms with Crippen LogP contribution in [-0.4, -0.2) is 37.7 Å². The molecule has 2 bridgehead atoms. The fraction of sp³-hybridized carbons (Fsp3) is 0.714. The third kappa shape index (κ3) is 3.04. The maximum atomic E-state index is 13.6. The smallest absolute Gasteiger partial charge is 0.297 e. The van der Waals surface area contributed by atoms with Gasteiger partial charge in [-0.25, -0.2) is 4.98 Å². The molecule has 0 aliphatic carbocycles. The van der Waals surface area contributed by atoms with Crippen LogP contribution in [0, 0.1) is 11.3 Å². The van der Waals surface area contributed by atoms with Crippen LogP contribution < -0.4 is 10.2 Å². The molecule has 3 aliphatic heterocycles. The van der Waals surface area contributed by atoms with Crippen molar-refractivity contribution in [3.05, 3.63) is 24.1 Å². The Kier molecular flexibility index (Phi) is 4.59. The topological polar surface area (TPSA) is 89.1 Å². The van der Waals surface area contributed by atoms with E-state index < -0.39 is 5.41 Å². The zero-order valence-electron chi connectivity index (χ0n) is 17.3. The normalized spacial score (nSPS) is 27.8. The predicted molar refractivity (Wildman–Crippen MR) is 107 cm³/mol. The van der Waals surface area contributed by atoms with Crippen LogP contribution in [0.4, 0.5) is 6.01 Å². The number of hydrogen-bond acceptors (Lipinski definition) is 6. The lowest BCUT2D eigenvalue weighted by Gasteiger charge is -2.36. The van der Waals surface area contributed by atoms with Crippen molar-refractivity contribution in [2.75, 3.05) is 4.90 Å². The van der Waals surface area contributed by atoms with Gasteiger partial charge in [-0.05, 0) is 44.4 Å². The molecule has 0 aromatic carbocycles. The SMILES string of the molecule is CC(C)CC[C@]1(C(=O)NCc2nnc3n2CCC3)C[C@H]2CC[C@@H]1N2c1ncco1. The average Bonchev–Trinajstić information content (AvgIpc) is 3.50. The molecule has 5 rings (SSSR count). The lowest BCUT2D eigenvalue weighted by Crippen LogP contribution is -2.49. The molecule has 1 amide bonds. The zero-order valence-corrected chi connectivity index (χ0v) is 17.3. The van der Waals surface area contributed by atoms with Gasteiger partial charge < -0.3 is 19.2 Å². The molecule has 5 heterocycles. The Bertz CT molecular complexity index is 876. The Morgan fingerprint density at radius 3 is 3.07 bits per heavy atom. The average molecular weight is 399 g/mol. The Hall–Kier alpha value is -2.38. The van der Waals surface area contributed by atoms with E-state index in [4.69, 9.17) is 4.42 Å². The standard InChI is InChI=1S/C21H30N6O2/c1-14(2)7-8-21(12-15-5-6-16(21)27(15)20-22-9-11-29-20)19(28)23-13-18-25-24-17-4-3-10-26(17)18/h9,11,14-16H,3-8,10,12-13H2,1-2H3,(H,23,28)/t15-,16+,21+/m1/s1. The van der Waals surface area contributed by atoms with Crippen LogP contribution in [0.1, 0.15) is 64.0 Å². The molecule has 8 nitrogen and oxygen atoms in total. The molecule has 0 radical (unpaired) electrons. The van der Waals surface area contributed by atoms with E-state index in [0.717, 1.165) is 63.1 Å². The van der Waals surface area contributed by atoms with Crippen LogP contribution in [0.3, 0.4) is 0 Å². The number of aryl methyl sites for hydroxylation is 1. The van der Waals surface area contributed by atoms with Crippen molar-refractivity contribution in [1.82, 2.24) is 25.1 Å². The van der Waals surface area contributed by atoms with Gasteiger partial charge in [-0.15, -0.1) is 10.2 Å². The Labute approximate surface area is 171 Å². The maximum Gasteiger partial charge on any atom is 0.297 e. The van der Waals surface area contributed by atoms with E-state index in [-0.39, 0.29) is 11.9 Å². The highest BCUT2D eigenvalue weighted by atomic mass is 16.4. The van der Waals surface area contributed by atoms with E-state index in [9.17, 15) is 4.79 Å². The number of carbonyl (C=O) groups excluding carboxylic acids is 1. The van der Waals surface area contributed by atoms with Gasteiger partial charge in [0.1, 0.15) is 12.1 Å². The molecule has 2 aromatic heterocycles. The van der Waals surface area contributed by atoms with Gasteiger partial charge in [0, 0.05) is 25.0 Å². The number of nitrogens with zero attached hydrogens (tertiary/aromatic N) is 5. The minimum absolute atomic E-state index is 0.147. The number of anilines is 1. The molecule has 0 unspecified atom stereocenters. The summed E-state index contributed by atoms with van der Waals surface area (Å²) in [4.78, 5) is 20.3. The van der Waals surface area contributed by atoms with Gasteiger partial charge in [0.2, 0.25) is 5.91 Å². The number of carbonyl (C=O) groups is 1. The summed E-state index contributed by atoms with van der Waals surface area (Å²) in [6, 6.07) is 1.13. The molecular weight excluding hydrogens is 368 g/mol. The van der Waals surface area contributed by atoms with Crippen molar-refractivity contribution in [3.8, 4) is 0 Å². The summed E-state index contributed by atoms with van der Waals surface area (Å²) < 4.78 is 7.78. The van der Waals surface area contributed by atoms with E-state index in [1.54, 1.807) is 12.5 Å². The van der Waals surface area contributed by atoms with Crippen molar-refractivity contribution in [2.45, 2.75) is 84.0 Å². The van der Waals surface area contributed by atoms with Gasteiger partial charge >= 0.3 is 0 Å². The molecule has 3 aliphatic rings. The van der Waals surface area contributed by atoms with Gasteiger partial charge in [-0.3, -0.25) is 4.79 Å². The largest absolute Gasteiger partial charge is 0.432 e. The number of oxazole rings is 1. The Morgan fingerprint density at radius 1 is 1.38 bits per heavy atom. The van der Waals surface area contributed by atoms with Crippen molar-refractivity contribution in [2.24, 2.45) is 11.3 Å². The minimum Gasteiger partial charge on any atom is -0.432 e. The molecular formula is C21H30N6O2. The molecule has 0 spiro atoms. The van der Waals surface area contributed by atoms with E-state index in [0.29, 0.717) is 24.5 Å². The van der Waals surface area contributed by atoms with Gasteiger partial charge in [0.25, 0.3) is 6.01 Å². The lowest BCUT2D eigenvalue weighted by atomic mass is 9.69. The van der Waals surface area contributed by atoms with E-state index in [1.807, 2.05) is 0 Å². The molecule has 2 aromatic rings. The number of nitrogens with one attached hydrogen (secondary N) is 1. The predicted octanol–water partition coefficient (Wildman–Crippen LogP) is 2.69. The number of rotatable bonds is 7. The molecule has 2 saturated heterocycles. The molecule has 29 heavy (non-hydrogen) atoms. The monoisotopic (exact) mass is 398 g/mol. The van der Waals surface area contributed by atoms with Crippen molar-refractivity contribution in [1.29, 1.82) is 0 Å². The first-order chi connectivity index (χ1) is 14.1. The van der Waals surface area contributed by atoms with Crippen LogP contribution in [0.2, 0.25) is 0 Å². The third-order valence-corrected chi connectivity index (χ3v) is 7.09. The van der Waals surface area contributed by atoms with Gasteiger partial charge in [-0.2, -0.15) is 0 Å². The van der Waals surface area contributed by atoms with E-state index in [1.165, 1.54) is 0 Å². The molecule has 2 fully saturated rings. The fourth-order valence-corrected chi connectivity index (χ4v) is 5.66. The first kappa shape index (κ1) is 18.6. The van der Waals surface area contributed by atoms with Crippen LogP contribution in [0.25, 0.3) is 0 Å². The number of aromatic nitrogens is 4. The third-order valence-electron chi connectivity index (χ3n) is 7.09. The van der Waals surface area contributed by atoms with Crippen molar-refractivity contribution >= 4 is 11.9 Å². The van der Waals surface area contributed by atoms with Crippen LogP contribution in [0.15, 0.2) is 16.9 Å². The molecule has 156 valence electrons. The summed E-state index contributed by atoms with van der Waals surface area (Å²) in [7, 11) is 0. The molecule has 8 heteroatoms. The Morgan fingerprint density at radius 2 is 2.28 bits per heavy atom. The van der Waals surface area contributed by atoms with Gasteiger partial charge in [-0.1, -0.05) is 13.8 Å². The van der Waals surface area contributed by atoms with Crippen molar-refractivity contribution < 1.29 is 9.21 Å². The summed E-state index contributed by atoms with van der Waals surface area (Å²) in [6.07, 6.45) is 10.3. The summed E-state index contributed by atoms with van der Waals surface area (Å²) in [6.45, 7) is 5.86. The zero-order chi connectivity index (χ0) is 20.0. The number of amides is 1. The highest BCUT2D eigenvalue weighted by Crippen LogP contribution is 2.54. The summed E-state index contributed by atoms with van der Waals surface area (Å²) in [5.74, 6) is 2.63.